The summed E-state index contributed by atoms with van der Waals surface area (Å²) in [7, 11) is 0. The lowest BCUT2D eigenvalue weighted by Crippen LogP contribution is -2.17. The second-order valence-electron chi connectivity index (χ2n) is 6.46. The van der Waals surface area contributed by atoms with Crippen LogP contribution >= 0.6 is 0 Å². The highest BCUT2D eigenvalue weighted by molar-refractivity contribution is 5.37. The molecule has 0 heterocycles. The average Bonchev–Trinajstić information content (AvgIpc) is 2.30. The number of nitrogens with one attached hydrogen (secondary N) is 1. The Morgan fingerprint density at radius 1 is 1.26 bits per heavy atom. The van der Waals surface area contributed by atoms with Crippen LogP contribution in [0.25, 0.3) is 0 Å². The molecule has 0 saturated carbocycles. The third-order valence-corrected chi connectivity index (χ3v) is 3.32. The molecule has 1 unspecified atom stereocenters. The fraction of sp³-hybridized carbons (Fsp3) is 0.647. The van der Waals surface area contributed by atoms with E-state index < -0.39 is 0 Å². The van der Waals surface area contributed by atoms with E-state index in [-0.39, 0.29) is 0 Å². The first-order chi connectivity index (χ1) is 8.83. The van der Waals surface area contributed by atoms with Gasteiger partial charge in [0.1, 0.15) is 5.75 Å². The molecule has 0 amide bonds. The van der Waals surface area contributed by atoms with Crippen molar-refractivity contribution in [2.24, 2.45) is 5.41 Å². The molecular weight excluding hydrogens is 234 g/mol. The predicted molar refractivity (Wildman–Crippen MR) is 82.8 cm³/mol. The van der Waals surface area contributed by atoms with Crippen LogP contribution in [0.4, 0.5) is 0 Å². The van der Waals surface area contributed by atoms with Gasteiger partial charge in [-0.3, -0.25) is 0 Å². The molecule has 1 rings (SSSR count). The maximum absolute atomic E-state index is 5.89. The summed E-state index contributed by atoms with van der Waals surface area (Å²) in [5, 5.41) is 3.43. The number of rotatable bonds is 6. The van der Waals surface area contributed by atoms with Gasteiger partial charge in [-0.05, 0) is 49.4 Å². The fourth-order valence-electron chi connectivity index (χ4n) is 2.00. The van der Waals surface area contributed by atoms with Crippen molar-refractivity contribution in [2.45, 2.75) is 54.0 Å². The summed E-state index contributed by atoms with van der Waals surface area (Å²) in [6.45, 7) is 14.9. The number of ether oxygens (including phenoxy) is 1. The number of aryl methyl sites for hydroxylation is 1. The van der Waals surface area contributed by atoms with Crippen LogP contribution in [0.1, 0.15) is 58.2 Å². The van der Waals surface area contributed by atoms with E-state index >= 15 is 0 Å². The molecule has 108 valence electrons. The molecule has 2 nitrogen and oxygen atoms in total. The number of hydrogen-bond acceptors (Lipinski definition) is 2. The third kappa shape index (κ3) is 5.65. The molecule has 1 aromatic carbocycles. The normalized spacial score (nSPS) is 13.4. The summed E-state index contributed by atoms with van der Waals surface area (Å²) in [4.78, 5) is 0. The first-order valence-electron chi connectivity index (χ1n) is 7.30. The van der Waals surface area contributed by atoms with Crippen molar-refractivity contribution < 1.29 is 4.74 Å². The van der Waals surface area contributed by atoms with Crippen LogP contribution in [0.2, 0.25) is 0 Å². The van der Waals surface area contributed by atoms with Gasteiger partial charge in [0.25, 0.3) is 0 Å². The van der Waals surface area contributed by atoms with Crippen LogP contribution in [-0.2, 0) is 0 Å². The lowest BCUT2D eigenvalue weighted by Gasteiger charge is -2.19. The third-order valence-electron chi connectivity index (χ3n) is 3.32. The molecule has 0 aliphatic carbocycles. The molecular formula is C17H29NO. The number of benzene rings is 1. The Morgan fingerprint density at radius 2 is 1.95 bits per heavy atom. The highest BCUT2D eigenvalue weighted by Crippen LogP contribution is 2.24. The topological polar surface area (TPSA) is 21.3 Å². The lowest BCUT2D eigenvalue weighted by molar-refractivity contribution is 0.242. The lowest BCUT2D eigenvalue weighted by atomic mass is 9.93. The molecule has 0 fully saturated rings. The minimum Gasteiger partial charge on any atom is -0.493 e. The van der Waals surface area contributed by atoms with Crippen LogP contribution in [0, 0.1) is 12.3 Å². The highest BCUT2D eigenvalue weighted by atomic mass is 16.5. The Morgan fingerprint density at radius 3 is 2.47 bits per heavy atom. The first-order valence-corrected chi connectivity index (χ1v) is 7.30. The van der Waals surface area contributed by atoms with E-state index in [1.165, 1.54) is 11.1 Å². The van der Waals surface area contributed by atoms with E-state index in [1.807, 2.05) is 0 Å². The second kappa shape index (κ2) is 6.95. The van der Waals surface area contributed by atoms with Gasteiger partial charge in [-0.15, -0.1) is 0 Å². The van der Waals surface area contributed by atoms with Gasteiger partial charge >= 0.3 is 0 Å². The molecule has 0 aromatic heterocycles. The molecule has 2 heteroatoms. The molecule has 1 atom stereocenters. The summed E-state index contributed by atoms with van der Waals surface area (Å²) in [6.07, 6.45) is 1.07. The van der Waals surface area contributed by atoms with Gasteiger partial charge in [0.2, 0.25) is 0 Å². The Balaban J connectivity index is 2.62. The smallest absolute Gasteiger partial charge is 0.122 e. The summed E-state index contributed by atoms with van der Waals surface area (Å²) >= 11 is 0. The maximum Gasteiger partial charge on any atom is 0.122 e. The average molecular weight is 263 g/mol. The van der Waals surface area contributed by atoms with Gasteiger partial charge in [0, 0.05) is 6.04 Å². The van der Waals surface area contributed by atoms with Crippen LogP contribution in [0.15, 0.2) is 18.2 Å². The zero-order valence-electron chi connectivity index (χ0n) is 13.3. The van der Waals surface area contributed by atoms with Crippen LogP contribution in [0.5, 0.6) is 5.75 Å². The molecule has 0 radical (unpaired) electrons. The maximum atomic E-state index is 5.89. The standard InChI is InChI=1S/C17H29NO/c1-7-18-14(3)15-8-9-16(13(2)12-15)19-11-10-17(4,5)6/h8-9,12,14,18H,7,10-11H2,1-6H3. The van der Waals surface area contributed by atoms with Gasteiger partial charge < -0.3 is 10.1 Å². The van der Waals surface area contributed by atoms with Crippen molar-refractivity contribution >= 4 is 0 Å². The Hall–Kier alpha value is -1.02. The van der Waals surface area contributed by atoms with Crippen LogP contribution in [0.3, 0.4) is 0 Å². The van der Waals surface area contributed by atoms with Crippen molar-refractivity contribution in [3.05, 3.63) is 29.3 Å². The summed E-state index contributed by atoms with van der Waals surface area (Å²) in [6, 6.07) is 6.88. The van der Waals surface area contributed by atoms with E-state index in [2.05, 4.69) is 65.1 Å². The van der Waals surface area contributed by atoms with E-state index in [9.17, 15) is 0 Å². The highest BCUT2D eigenvalue weighted by Gasteiger charge is 2.11. The molecule has 1 N–H and O–H groups in total. The van der Waals surface area contributed by atoms with Crippen molar-refractivity contribution in [3.63, 3.8) is 0 Å². The molecule has 0 saturated heterocycles. The first kappa shape index (κ1) is 16.0. The number of hydrogen-bond donors (Lipinski definition) is 1. The minimum atomic E-state index is 0.327. The molecule has 0 aliphatic heterocycles. The Kier molecular flexibility index (Phi) is 5.86. The van der Waals surface area contributed by atoms with Gasteiger partial charge in [-0.25, -0.2) is 0 Å². The summed E-state index contributed by atoms with van der Waals surface area (Å²) in [5.74, 6) is 1.01. The molecule has 0 spiro atoms. The van der Waals surface area contributed by atoms with E-state index in [0.29, 0.717) is 11.5 Å². The van der Waals surface area contributed by atoms with Crippen molar-refractivity contribution in [1.82, 2.24) is 5.32 Å². The van der Waals surface area contributed by atoms with E-state index in [1.54, 1.807) is 0 Å². The molecule has 0 aliphatic rings. The van der Waals surface area contributed by atoms with E-state index in [4.69, 9.17) is 4.74 Å². The summed E-state index contributed by atoms with van der Waals surface area (Å²) in [5.41, 5.74) is 2.87. The van der Waals surface area contributed by atoms with Crippen LogP contribution in [-0.4, -0.2) is 13.2 Å². The molecule has 19 heavy (non-hydrogen) atoms. The zero-order valence-corrected chi connectivity index (χ0v) is 13.3. The van der Waals surface area contributed by atoms with Gasteiger partial charge in [-0.2, -0.15) is 0 Å². The zero-order chi connectivity index (χ0) is 14.5. The Labute approximate surface area is 118 Å². The van der Waals surface area contributed by atoms with Gasteiger partial charge in [0.15, 0.2) is 0 Å². The second-order valence-corrected chi connectivity index (χ2v) is 6.46. The van der Waals surface area contributed by atoms with Crippen molar-refractivity contribution in [1.29, 1.82) is 0 Å². The fourth-order valence-corrected chi connectivity index (χ4v) is 2.00. The van der Waals surface area contributed by atoms with Gasteiger partial charge in [-0.1, -0.05) is 39.8 Å². The van der Waals surface area contributed by atoms with Crippen molar-refractivity contribution in [2.75, 3.05) is 13.2 Å². The molecule has 1 aromatic rings. The van der Waals surface area contributed by atoms with Gasteiger partial charge in [0.05, 0.1) is 6.61 Å². The largest absolute Gasteiger partial charge is 0.493 e. The molecule has 0 bridgehead atoms. The predicted octanol–water partition coefficient (Wildman–Crippen LogP) is 4.48. The van der Waals surface area contributed by atoms with Crippen molar-refractivity contribution in [3.8, 4) is 5.75 Å². The Bertz CT molecular complexity index is 393. The van der Waals surface area contributed by atoms with Crippen LogP contribution < -0.4 is 10.1 Å². The van der Waals surface area contributed by atoms with E-state index in [0.717, 1.165) is 25.3 Å². The SMILES string of the molecule is CCNC(C)c1ccc(OCCC(C)(C)C)c(C)c1. The quantitative estimate of drug-likeness (QED) is 0.817. The monoisotopic (exact) mass is 263 g/mol. The minimum absolute atomic E-state index is 0.327. The summed E-state index contributed by atoms with van der Waals surface area (Å²) < 4.78 is 5.89.